The maximum atomic E-state index is 10.1. The van der Waals surface area contributed by atoms with E-state index in [4.69, 9.17) is 9.47 Å². The van der Waals surface area contributed by atoms with E-state index < -0.39 is 42.7 Å². The number of aliphatic hydroxyl groups excluding tert-OH is 4. The van der Waals surface area contributed by atoms with E-state index in [1.807, 2.05) is 13.8 Å². The Hall–Kier alpha value is -1.64. The van der Waals surface area contributed by atoms with Crippen molar-refractivity contribution in [2.75, 3.05) is 6.61 Å². The highest BCUT2D eigenvalue weighted by atomic mass is 16.7. The number of aliphatic hydroxyl groups is 4. The molecule has 1 heterocycles. The summed E-state index contributed by atoms with van der Waals surface area (Å²) < 4.78 is 11.0. The summed E-state index contributed by atoms with van der Waals surface area (Å²) >= 11 is 0. The lowest BCUT2D eigenvalue weighted by Crippen LogP contribution is -2.60. The minimum Gasteiger partial charge on any atom is -0.508 e. The predicted molar refractivity (Wildman–Crippen MR) is 85.7 cm³/mol. The average Bonchev–Trinajstić information content (AvgIpc) is 2.55. The third-order valence-electron chi connectivity index (χ3n) is 4.26. The molecule has 0 radical (unpaired) electrons. The second-order valence-electron chi connectivity index (χ2n) is 6.42. The minimum absolute atomic E-state index is 0.0433. The molecule has 5 N–H and O–H groups in total. The zero-order chi connectivity index (χ0) is 18.1. The molecule has 1 fully saturated rings. The van der Waals surface area contributed by atoms with Crippen LogP contribution in [0.4, 0.5) is 0 Å². The number of aromatic hydroxyl groups is 1. The van der Waals surface area contributed by atoms with Crippen LogP contribution in [0.15, 0.2) is 30.9 Å². The quantitative estimate of drug-likeness (QED) is 0.480. The highest BCUT2D eigenvalue weighted by Crippen LogP contribution is 2.36. The SMILES string of the molecule is C=CC(C)(C)c1ccc(O)cc1O[C@@H]1O[C@H](CO)[C@@H](O)[C@H](O)[C@H]1O. The molecule has 0 amide bonds. The Bertz CT molecular complexity index is 584. The number of hydrogen-bond acceptors (Lipinski definition) is 7. The van der Waals surface area contributed by atoms with Crippen molar-refractivity contribution in [1.82, 2.24) is 0 Å². The van der Waals surface area contributed by atoms with Crippen molar-refractivity contribution in [3.05, 3.63) is 36.4 Å². The fourth-order valence-electron chi connectivity index (χ4n) is 2.54. The molecule has 7 nitrogen and oxygen atoms in total. The Morgan fingerprint density at radius 1 is 1.21 bits per heavy atom. The van der Waals surface area contributed by atoms with Crippen LogP contribution >= 0.6 is 0 Å². The molecular weight excluding hydrogens is 316 g/mol. The van der Waals surface area contributed by atoms with Crippen LogP contribution in [-0.2, 0) is 10.2 Å². The molecule has 0 unspecified atom stereocenters. The van der Waals surface area contributed by atoms with Crippen LogP contribution in [0.1, 0.15) is 19.4 Å². The fourth-order valence-corrected chi connectivity index (χ4v) is 2.54. The molecule has 5 atom stereocenters. The monoisotopic (exact) mass is 340 g/mol. The van der Waals surface area contributed by atoms with E-state index in [-0.39, 0.29) is 11.5 Å². The topological polar surface area (TPSA) is 120 Å². The van der Waals surface area contributed by atoms with E-state index in [0.717, 1.165) is 0 Å². The molecular formula is C17H24O7. The van der Waals surface area contributed by atoms with E-state index in [2.05, 4.69) is 6.58 Å². The van der Waals surface area contributed by atoms with Crippen LogP contribution in [0.25, 0.3) is 0 Å². The summed E-state index contributed by atoms with van der Waals surface area (Å²) in [5.41, 5.74) is 0.198. The fraction of sp³-hybridized carbons (Fsp3) is 0.529. The van der Waals surface area contributed by atoms with Gasteiger partial charge in [0.1, 0.15) is 35.9 Å². The largest absolute Gasteiger partial charge is 0.508 e. The summed E-state index contributed by atoms with van der Waals surface area (Å²) in [6, 6.07) is 4.53. The van der Waals surface area contributed by atoms with Gasteiger partial charge in [-0.2, -0.15) is 0 Å². The highest BCUT2D eigenvalue weighted by Gasteiger charge is 2.45. The molecule has 0 bridgehead atoms. The van der Waals surface area contributed by atoms with Crippen molar-refractivity contribution in [3.8, 4) is 11.5 Å². The normalized spacial score (nSPS) is 30.8. The molecule has 134 valence electrons. The van der Waals surface area contributed by atoms with E-state index in [1.54, 1.807) is 12.1 Å². The van der Waals surface area contributed by atoms with Crippen LogP contribution < -0.4 is 4.74 Å². The minimum atomic E-state index is -1.53. The maximum Gasteiger partial charge on any atom is 0.229 e. The van der Waals surface area contributed by atoms with Gasteiger partial charge in [0.15, 0.2) is 0 Å². The first-order valence-corrected chi connectivity index (χ1v) is 7.65. The number of phenolic OH excluding ortho intramolecular Hbond substituents is 1. The second kappa shape index (κ2) is 7.08. The molecule has 0 spiro atoms. The first-order chi connectivity index (χ1) is 11.2. The van der Waals surface area contributed by atoms with Crippen LogP contribution in [0.5, 0.6) is 11.5 Å². The second-order valence-corrected chi connectivity index (χ2v) is 6.42. The molecule has 2 rings (SSSR count). The molecule has 24 heavy (non-hydrogen) atoms. The lowest BCUT2D eigenvalue weighted by Gasteiger charge is -2.40. The number of benzene rings is 1. The summed E-state index contributed by atoms with van der Waals surface area (Å²) in [5, 5.41) is 48.7. The van der Waals surface area contributed by atoms with E-state index in [9.17, 15) is 25.5 Å². The summed E-state index contributed by atoms with van der Waals surface area (Å²) in [6.45, 7) is 7.02. The zero-order valence-electron chi connectivity index (χ0n) is 13.7. The van der Waals surface area contributed by atoms with Gasteiger partial charge in [0.2, 0.25) is 6.29 Å². The highest BCUT2D eigenvalue weighted by molar-refractivity contribution is 5.46. The van der Waals surface area contributed by atoms with Crippen LogP contribution in [-0.4, -0.2) is 62.8 Å². The molecule has 0 aromatic heterocycles. The van der Waals surface area contributed by atoms with Crippen molar-refractivity contribution < 1.29 is 35.0 Å². The standard InChI is InChI=1S/C17H24O7/c1-4-17(2,3)10-6-5-9(19)7-11(10)23-16-15(22)14(21)13(20)12(8-18)24-16/h4-7,12-16,18-22H,1,8H2,2-3H3/t12-,13-,14+,15-,16-/m1/s1. The van der Waals surface area contributed by atoms with Crippen molar-refractivity contribution in [2.24, 2.45) is 0 Å². The Labute approximate surface area is 140 Å². The third-order valence-corrected chi connectivity index (χ3v) is 4.26. The van der Waals surface area contributed by atoms with Crippen LogP contribution in [0.2, 0.25) is 0 Å². The smallest absolute Gasteiger partial charge is 0.229 e. The molecule has 1 aliphatic heterocycles. The van der Waals surface area contributed by atoms with Gasteiger partial charge >= 0.3 is 0 Å². The van der Waals surface area contributed by atoms with Crippen molar-refractivity contribution in [3.63, 3.8) is 0 Å². The molecule has 0 aliphatic carbocycles. The average molecular weight is 340 g/mol. The first-order valence-electron chi connectivity index (χ1n) is 7.65. The molecule has 1 saturated heterocycles. The number of phenols is 1. The van der Waals surface area contributed by atoms with E-state index in [0.29, 0.717) is 5.56 Å². The van der Waals surface area contributed by atoms with E-state index >= 15 is 0 Å². The van der Waals surface area contributed by atoms with Crippen LogP contribution in [0.3, 0.4) is 0 Å². The van der Waals surface area contributed by atoms with Gasteiger partial charge in [-0.15, -0.1) is 6.58 Å². The Morgan fingerprint density at radius 3 is 2.46 bits per heavy atom. The van der Waals surface area contributed by atoms with Gasteiger partial charge in [-0.25, -0.2) is 0 Å². The Balaban J connectivity index is 2.33. The number of hydrogen-bond donors (Lipinski definition) is 5. The number of rotatable bonds is 5. The van der Waals surface area contributed by atoms with Crippen molar-refractivity contribution >= 4 is 0 Å². The third kappa shape index (κ3) is 3.55. The van der Waals surface area contributed by atoms with Gasteiger partial charge in [0.05, 0.1) is 6.61 Å². The van der Waals surface area contributed by atoms with E-state index in [1.165, 1.54) is 12.1 Å². The summed E-state index contributed by atoms with van der Waals surface area (Å²) in [5.74, 6) is 0.197. The Kier molecular flexibility index (Phi) is 5.52. The van der Waals surface area contributed by atoms with Gasteiger partial charge in [0.25, 0.3) is 0 Å². The van der Waals surface area contributed by atoms with Gasteiger partial charge in [0, 0.05) is 17.0 Å². The number of ether oxygens (including phenoxy) is 2. The summed E-state index contributed by atoms with van der Waals surface area (Å²) in [6.07, 6.45) is -5.19. The predicted octanol–water partition coefficient (Wildman–Crippen LogP) is 0.0345. The molecule has 1 aromatic rings. The number of allylic oxidation sites excluding steroid dienone is 1. The Morgan fingerprint density at radius 2 is 1.88 bits per heavy atom. The molecule has 7 heteroatoms. The van der Waals surface area contributed by atoms with Crippen molar-refractivity contribution in [2.45, 2.75) is 50.0 Å². The molecule has 1 aromatic carbocycles. The van der Waals surface area contributed by atoms with Gasteiger partial charge < -0.3 is 35.0 Å². The van der Waals surface area contributed by atoms with Gasteiger partial charge in [-0.05, 0) is 6.07 Å². The first kappa shape index (κ1) is 18.7. The van der Waals surface area contributed by atoms with Gasteiger partial charge in [-0.1, -0.05) is 26.0 Å². The summed E-state index contributed by atoms with van der Waals surface area (Å²) in [7, 11) is 0. The lowest BCUT2D eigenvalue weighted by molar-refractivity contribution is -0.277. The molecule has 0 saturated carbocycles. The lowest BCUT2D eigenvalue weighted by atomic mass is 9.84. The van der Waals surface area contributed by atoms with Gasteiger partial charge in [-0.3, -0.25) is 0 Å². The molecule has 1 aliphatic rings. The summed E-state index contributed by atoms with van der Waals surface area (Å²) in [4.78, 5) is 0. The zero-order valence-corrected chi connectivity index (χ0v) is 13.7. The van der Waals surface area contributed by atoms with Crippen molar-refractivity contribution in [1.29, 1.82) is 0 Å². The van der Waals surface area contributed by atoms with Crippen LogP contribution in [0, 0.1) is 0 Å². The maximum absolute atomic E-state index is 10.1.